The van der Waals surface area contributed by atoms with Crippen molar-refractivity contribution in [1.82, 2.24) is 9.88 Å². The molecule has 3 nitrogen and oxygen atoms in total. The Balaban J connectivity index is 2.02. The Morgan fingerprint density at radius 2 is 2.16 bits per heavy atom. The Hall–Kier alpha value is -1.52. The molecule has 0 aliphatic rings. The summed E-state index contributed by atoms with van der Waals surface area (Å²) in [6, 6.07) is 6.00. The molecule has 1 aromatic heterocycles. The van der Waals surface area contributed by atoms with Crippen LogP contribution in [0.4, 0.5) is 0 Å². The largest absolute Gasteiger partial charge is 0.293 e. The third-order valence-corrected chi connectivity index (χ3v) is 3.66. The molecule has 19 heavy (non-hydrogen) atoms. The van der Waals surface area contributed by atoms with Crippen LogP contribution in [0.2, 0.25) is 0 Å². The molecule has 0 bridgehead atoms. The Morgan fingerprint density at radius 3 is 2.84 bits per heavy atom. The lowest BCUT2D eigenvalue weighted by molar-refractivity contribution is 0.0942. The summed E-state index contributed by atoms with van der Waals surface area (Å²) in [6.07, 6.45) is 0. The van der Waals surface area contributed by atoms with Gasteiger partial charge >= 0.3 is 0 Å². The zero-order chi connectivity index (χ0) is 13.8. The van der Waals surface area contributed by atoms with E-state index in [9.17, 15) is 4.79 Å². The number of aryl methyl sites for hydroxylation is 2. The molecular formula is C15H18N2OS. The minimum atomic E-state index is 0.166. The first-order valence-corrected chi connectivity index (χ1v) is 7.16. The number of hydrogen-bond acceptors (Lipinski definition) is 4. The fourth-order valence-corrected chi connectivity index (χ4v) is 2.56. The van der Waals surface area contributed by atoms with Gasteiger partial charge in [0.2, 0.25) is 0 Å². The van der Waals surface area contributed by atoms with E-state index in [1.165, 1.54) is 0 Å². The van der Waals surface area contributed by atoms with Crippen molar-refractivity contribution in [2.24, 2.45) is 0 Å². The third kappa shape index (κ3) is 3.72. The van der Waals surface area contributed by atoms with Crippen molar-refractivity contribution in [1.29, 1.82) is 0 Å². The highest BCUT2D eigenvalue weighted by molar-refractivity contribution is 7.07. The van der Waals surface area contributed by atoms with Gasteiger partial charge in [-0.25, -0.2) is 4.98 Å². The number of carbonyl (C=O) groups excluding carboxylic acids is 1. The van der Waals surface area contributed by atoms with Gasteiger partial charge in [0.05, 0.1) is 17.7 Å². The van der Waals surface area contributed by atoms with Gasteiger partial charge in [-0.2, -0.15) is 0 Å². The molecule has 0 unspecified atom stereocenters. The van der Waals surface area contributed by atoms with Gasteiger partial charge in [0.15, 0.2) is 5.78 Å². The number of carbonyl (C=O) groups is 1. The van der Waals surface area contributed by atoms with Crippen LogP contribution in [0.15, 0.2) is 29.1 Å². The zero-order valence-electron chi connectivity index (χ0n) is 11.5. The maximum Gasteiger partial charge on any atom is 0.177 e. The second-order valence-electron chi connectivity index (χ2n) is 4.89. The molecule has 4 heteroatoms. The third-order valence-electron chi connectivity index (χ3n) is 3.02. The summed E-state index contributed by atoms with van der Waals surface area (Å²) in [5.74, 6) is 0.166. The topological polar surface area (TPSA) is 33.2 Å². The van der Waals surface area contributed by atoms with E-state index < -0.39 is 0 Å². The number of aromatic nitrogens is 1. The lowest BCUT2D eigenvalue weighted by atomic mass is 10.0. The highest BCUT2D eigenvalue weighted by Gasteiger charge is 2.12. The van der Waals surface area contributed by atoms with E-state index in [2.05, 4.69) is 4.98 Å². The van der Waals surface area contributed by atoms with Crippen LogP contribution in [0.1, 0.15) is 27.2 Å². The molecule has 2 aromatic rings. The number of benzene rings is 1. The van der Waals surface area contributed by atoms with Gasteiger partial charge in [0.1, 0.15) is 0 Å². The van der Waals surface area contributed by atoms with Crippen molar-refractivity contribution in [3.05, 3.63) is 51.5 Å². The smallest absolute Gasteiger partial charge is 0.177 e. The minimum absolute atomic E-state index is 0.166. The second kappa shape index (κ2) is 6.08. The summed E-state index contributed by atoms with van der Waals surface area (Å²) in [6.45, 7) is 5.12. The van der Waals surface area contributed by atoms with Gasteiger partial charge in [0, 0.05) is 17.5 Å². The number of ketones is 1. The first kappa shape index (κ1) is 13.9. The van der Waals surface area contributed by atoms with Crippen LogP contribution in [0.5, 0.6) is 0 Å². The number of thiazole rings is 1. The minimum Gasteiger partial charge on any atom is -0.293 e. The molecular weight excluding hydrogens is 256 g/mol. The highest BCUT2D eigenvalue weighted by atomic mass is 32.1. The fourth-order valence-electron chi connectivity index (χ4n) is 2.01. The average Bonchev–Trinajstić information content (AvgIpc) is 2.84. The Morgan fingerprint density at radius 1 is 1.37 bits per heavy atom. The van der Waals surface area contributed by atoms with Gasteiger partial charge in [-0.1, -0.05) is 17.7 Å². The maximum absolute atomic E-state index is 12.3. The molecule has 100 valence electrons. The van der Waals surface area contributed by atoms with Gasteiger partial charge in [-0.3, -0.25) is 9.69 Å². The Labute approximate surface area is 117 Å². The molecule has 0 N–H and O–H groups in total. The molecule has 0 radical (unpaired) electrons. The van der Waals surface area contributed by atoms with E-state index in [4.69, 9.17) is 0 Å². The molecule has 0 atom stereocenters. The monoisotopic (exact) mass is 274 g/mol. The summed E-state index contributed by atoms with van der Waals surface area (Å²) >= 11 is 1.58. The summed E-state index contributed by atoms with van der Waals surface area (Å²) in [5.41, 5.74) is 5.82. The Kier molecular flexibility index (Phi) is 4.45. The number of nitrogens with zero attached hydrogens (tertiary/aromatic N) is 2. The molecule has 0 saturated heterocycles. The van der Waals surface area contributed by atoms with Crippen LogP contribution in [0, 0.1) is 13.8 Å². The van der Waals surface area contributed by atoms with E-state index in [-0.39, 0.29) is 5.78 Å². The molecule has 1 heterocycles. The molecule has 0 saturated carbocycles. The lowest BCUT2D eigenvalue weighted by Crippen LogP contribution is -2.26. The number of Topliss-reactive ketones (excluding diaryl/α,β-unsaturated/α-hetero) is 1. The second-order valence-corrected chi connectivity index (χ2v) is 5.61. The van der Waals surface area contributed by atoms with E-state index >= 15 is 0 Å². The summed E-state index contributed by atoms with van der Waals surface area (Å²) in [4.78, 5) is 18.5. The Bertz CT molecular complexity index is 564. The van der Waals surface area contributed by atoms with E-state index in [1.54, 1.807) is 11.3 Å². The van der Waals surface area contributed by atoms with Gasteiger partial charge in [0.25, 0.3) is 0 Å². The van der Waals surface area contributed by atoms with Crippen molar-refractivity contribution in [2.75, 3.05) is 13.6 Å². The predicted octanol–water partition coefficient (Wildman–Crippen LogP) is 3.07. The lowest BCUT2D eigenvalue weighted by Gasteiger charge is -2.15. The molecule has 0 spiro atoms. The summed E-state index contributed by atoms with van der Waals surface area (Å²) < 4.78 is 0. The van der Waals surface area contributed by atoms with Crippen LogP contribution in [0.3, 0.4) is 0 Å². The standard InChI is InChI=1S/C15H18N2OS/c1-11-4-5-12(2)14(6-11)15(18)8-17(3)7-13-9-19-10-16-13/h4-6,9-10H,7-8H2,1-3H3. The zero-order valence-corrected chi connectivity index (χ0v) is 12.3. The van der Waals surface area contributed by atoms with Crippen LogP contribution < -0.4 is 0 Å². The van der Waals surface area contributed by atoms with Gasteiger partial charge < -0.3 is 0 Å². The van der Waals surface area contributed by atoms with Gasteiger partial charge in [-0.05, 0) is 32.5 Å². The van der Waals surface area contributed by atoms with E-state index in [1.807, 2.05) is 54.9 Å². The van der Waals surface area contributed by atoms with E-state index in [0.29, 0.717) is 13.1 Å². The molecule has 0 amide bonds. The van der Waals surface area contributed by atoms with Crippen molar-refractivity contribution in [3.8, 4) is 0 Å². The van der Waals surface area contributed by atoms with Crippen LogP contribution >= 0.6 is 11.3 Å². The fraction of sp³-hybridized carbons (Fsp3) is 0.333. The van der Waals surface area contributed by atoms with Crippen molar-refractivity contribution >= 4 is 17.1 Å². The van der Waals surface area contributed by atoms with Crippen molar-refractivity contribution < 1.29 is 4.79 Å². The van der Waals surface area contributed by atoms with E-state index in [0.717, 1.165) is 22.4 Å². The molecule has 1 aromatic carbocycles. The van der Waals surface area contributed by atoms with Crippen LogP contribution in [-0.2, 0) is 6.54 Å². The number of likely N-dealkylation sites (N-methyl/N-ethyl adjacent to an activating group) is 1. The first-order valence-electron chi connectivity index (χ1n) is 6.22. The summed E-state index contributed by atoms with van der Waals surface area (Å²) in [7, 11) is 1.95. The number of rotatable bonds is 5. The quantitative estimate of drug-likeness (QED) is 0.786. The molecule has 0 fully saturated rings. The summed E-state index contributed by atoms with van der Waals surface area (Å²) in [5, 5.41) is 2.01. The highest BCUT2D eigenvalue weighted by Crippen LogP contribution is 2.12. The molecule has 2 rings (SSSR count). The van der Waals surface area contributed by atoms with Crippen LogP contribution in [-0.4, -0.2) is 29.3 Å². The van der Waals surface area contributed by atoms with Crippen molar-refractivity contribution in [3.63, 3.8) is 0 Å². The molecule has 0 aliphatic carbocycles. The first-order chi connectivity index (χ1) is 9.06. The maximum atomic E-state index is 12.3. The average molecular weight is 274 g/mol. The SMILES string of the molecule is Cc1ccc(C)c(C(=O)CN(C)Cc2cscn2)c1. The normalized spacial score (nSPS) is 10.9. The van der Waals surface area contributed by atoms with Crippen molar-refractivity contribution in [2.45, 2.75) is 20.4 Å². The predicted molar refractivity (Wildman–Crippen MR) is 78.7 cm³/mol. The van der Waals surface area contributed by atoms with Crippen LogP contribution in [0.25, 0.3) is 0 Å². The number of hydrogen-bond donors (Lipinski definition) is 0. The van der Waals surface area contributed by atoms with Gasteiger partial charge in [-0.15, -0.1) is 11.3 Å². The molecule has 0 aliphatic heterocycles.